The van der Waals surface area contributed by atoms with Gasteiger partial charge in [-0.1, -0.05) is 36.8 Å². The maximum Gasteiger partial charge on any atom is 0.414 e. The van der Waals surface area contributed by atoms with Crippen molar-refractivity contribution in [1.82, 2.24) is 10.2 Å². The number of furan rings is 1. The van der Waals surface area contributed by atoms with Crippen LogP contribution in [0.3, 0.4) is 0 Å². The lowest BCUT2D eigenvalue weighted by Gasteiger charge is -2.33. The normalized spacial score (nSPS) is 16.3. The molecule has 3 rings (SSSR count). The topological polar surface area (TPSA) is 123 Å². The van der Waals surface area contributed by atoms with Gasteiger partial charge in [0, 0.05) is 13.1 Å². The smallest absolute Gasteiger partial charge is 0.414 e. The highest BCUT2D eigenvalue weighted by Crippen LogP contribution is 2.24. The van der Waals surface area contributed by atoms with Gasteiger partial charge in [0.15, 0.2) is 0 Å². The zero-order valence-corrected chi connectivity index (χ0v) is 16.2. The van der Waals surface area contributed by atoms with Crippen LogP contribution in [0.5, 0.6) is 0 Å². The van der Waals surface area contributed by atoms with Gasteiger partial charge in [-0.15, -0.1) is 0 Å². The summed E-state index contributed by atoms with van der Waals surface area (Å²) in [6.07, 6.45) is 5.09. The molecule has 158 valence electrons. The highest BCUT2D eigenvalue weighted by atomic mass is 16.4. The van der Waals surface area contributed by atoms with E-state index in [-0.39, 0.29) is 6.04 Å². The Hall–Kier alpha value is -2.68. The molecular formula is C21H28N2O6. The number of piperidine rings is 1. The molecule has 1 saturated heterocycles. The van der Waals surface area contributed by atoms with E-state index in [0.717, 1.165) is 31.0 Å². The van der Waals surface area contributed by atoms with Crippen molar-refractivity contribution in [3.63, 3.8) is 0 Å². The van der Waals surface area contributed by atoms with E-state index in [4.69, 9.17) is 24.2 Å². The second-order valence-corrected chi connectivity index (χ2v) is 6.82. The Labute approximate surface area is 169 Å². The van der Waals surface area contributed by atoms with E-state index in [0.29, 0.717) is 6.54 Å². The summed E-state index contributed by atoms with van der Waals surface area (Å²) in [5.41, 5.74) is 0.951. The van der Waals surface area contributed by atoms with Gasteiger partial charge in [-0.3, -0.25) is 4.90 Å². The number of aliphatic carboxylic acids is 2. The van der Waals surface area contributed by atoms with Crippen molar-refractivity contribution in [2.45, 2.75) is 31.4 Å². The monoisotopic (exact) mass is 404 g/mol. The summed E-state index contributed by atoms with van der Waals surface area (Å²) in [5, 5.41) is 28.5. The molecule has 1 aromatic heterocycles. The molecular weight excluding hydrogens is 376 g/mol. The molecule has 2 aromatic rings. The Kier molecular flexibility index (Phi) is 9.36. The summed E-state index contributed by atoms with van der Waals surface area (Å²) < 4.78 is 5.65. The number of likely N-dealkylation sites (tertiary alicyclic amines) is 1. The summed E-state index contributed by atoms with van der Waals surface area (Å²) in [5.74, 6) is -2.64. The van der Waals surface area contributed by atoms with E-state index in [9.17, 15) is 5.11 Å². The summed E-state index contributed by atoms with van der Waals surface area (Å²) in [4.78, 5) is 20.7. The molecule has 0 radical (unpaired) electrons. The molecule has 0 amide bonds. The van der Waals surface area contributed by atoms with Crippen molar-refractivity contribution in [1.29, 1.82) is 0 Å². The van der Waals surface area contributed by atoms with E-state index in [1.54, 1.807) is 6.26 Å². The molecule has 1 aliphatic heterocycles. The standard InChI is InChI=1S/C19H26N2O2.C2H2O4/c22-18(16-8-3-1-4-9-16)15-20-14-17(19-10-7-13-23-19)21-11-5-2-6-12-21;3-1(4)2(5)6/h1,3-4,7-10,13,17-18,20,22H,2,5-6,11-12,14-15H2;(H,3,4)(H,5,6). The molecule has 0 spiro atoms. The van der Waals surface area contributed by atoms with Crippen molar-refractivity contribution in [2.24, 2.45) is 0 Å². The highest BCUT2D eigenvalue weighted by Gasteiger charge is 2.24. The van der Waals surface area contributed by atoms with Gasteiger partial charge >= 0.3 is 11.9 Å². The molecule has 1 aromatic carbocycles. The number of carboxylic acids is 2. The molecule has 0 bridgehead atoms. The van der Waals surface area contributed by atoms with Crippen molar-refractivity contribution >= 4 is 11.9 Å². The zero-order valence-electron chi connectivity index (χ0n) is 16.2. The Morgan fingerprint density at radius 1 is 0.966 bits per heavy atom. The predicted molar refractivity (Wildman–Crippen MR) is 106 cm³/mol. The van der Waals surface area contributed by atoms with Crippen molar-refractivity contribution in [3.05, 3.63) is 60.1 Å². The summed E-state index contributed by atoms with van der Waals surface area (Å²) in [7, 11) is 0. The summed E-state index contributed by atoms with van der Waals surface area (Å²) >= 11 is 0. The van der Waals surface area contributed by atoms with Crippen LogP contribution in [0.1, 0.15) is 42.7 Å². The van der Waals surface area contributed by atoms with Crippen LogP contribution in [-0.2, 0) is 9.59 Å². The molecule has 29 heavy (non-hydrogen) atoms. The number of nitrogens with zero attached hydrogens (tertiary/aromatic N) is 1. The van der Waals surface area contributed by atoms with Crippen LogP contribution in [0.4, 0.5) is 0 Å². The molecule has 8 nitrogen and oxygen atoms in total. The van der Waals surface area contributed by atoms with E-state index in [1.165, 1.54) is 19.3 Å². The first-order valence-electron chi connectivity index (χ1n) is 9.66. The largest absolute Gasteiger partial charge is 0.473 e. The van der Waals surface area contributed by atoms with Gasteiger partial charge in [-0.2, -0.15) is 0 Å². The third-order valence-electron chi connectivity index (χ3n) is 4.75. The third kappa shape index (κ3) is 7.69. The van der Waals surface area contributed by atoms with Crippen molar-refractivity contribution < 1.29 is 29.3 Å². The Bertz CT molecular complexity index is 717. The molecule has 0 saturated carbocycles. The maximum atomic E-state index is 10.3. The molecule has 1 aliphatic rings. The van der Waals surface area contributed by atoms with Crippen LogP contribution in [-0.4, -0.2) is 58.3 Å². The second-order valence-electron chi connectivity index (χ2n) is 6.82. The molecule has 2 heterocycles. The average Bonchev–Trinajstić information content (AvgIpc) is 3.27. The van der Waals surface area contributed by atoms with Gasteiger partial charge in [0.2, 0.25) is 0 Å². The Morgan fingerprint density at radius 3 is 2.17 bits per heavy atom. The first-order chi connectivity index (χ1) is 14.0. The summed E-state index contributed by atoms with van der Waals surface area (Å²) in [6, 6.07) is 14.0. The number of benzene rings is 1. The lowest BCUT2D eigenvalue weighted by atomic mass is 10.1. The minimum absolute atomic E-state index is 0.244. The molecule has 2 atom stereocenters. The van der Waals surface area contributed by atoms with Crippen LogP contribution in [0, 0.1) is 0 Å². The quantitative estimate of drug-likeness (QED) is 0.518. The van der Waals surface area contributed by atoms with E-state index < -0.39 is 18.0 Å². The number of hydrogen-bond donors (Lipinski definition) is 4. The molecule has 8 heteroatoms. The average molecular weight is 404 g/mol. The first-order valence-corrected chi connectivity index (χ1v) is 9.66. The number of aliphatic hydroxyl groups is 1. The highest BCUT2D eigenvalue weighted by molar-refractivity contribution is 6.27. The van der Waals surface area contributed by atoms with Crippen molar-refractivity contribution in [3.8, 4) is 0 Å². The minimum Gasteiger partial charge on any atom is -0.473 e. The molecule has 4 N–H and O–H groups in total. The Morgan fingerprint density at radius 2 is 1.62 bits per heavy atom. The lowest BCUT2D eigenvalue weighted by molar-refractivity contribution is -0.159. The van der Waals surface area contributed by atoms with Gasteiger partial charge in [-0.05, 0) is 43.6 Å². The molecule has 2 unspecified atom stereocenters. The van der Waals surface area contributed by atoms with Gasteiger partial charge < -0.3 is 25.1 Å². The van der Waals surface area contributed by atoms with Gasteiger partial charge in [0.05, 0.1) is 18.4 Å². The molecule has 0 aliphatic carbocycles. The number of nitrogens with one attached hydrogen (secondary N) is 1. The second kappa shape index (κ2) is 12.0. The van der Waals surface area contributed by atoms with Crippen LogP contribution in [0.2, 0.25) is 0 Å². The third-order valence-corrected chi connectivity index (χ3v) is 4.75. The van der Waals surface area contributed by atoms with Gasteiger partial charge in [0.1, 0.15) is 5.76 Å². The summed E-state index contributed by atoms with van der Waals surface area (Å²) in [6.45, 7) is 3.58. The lowest BCUT2D eigenvalue weighted by Crippen LogP contribution is -2.39. The molecule has 1 fully saturated rings. The van der Waals surface area contributed by atoms with E-state index in [2.05, 4.69) is 16.3 Å². The number of aliphatic hydroxyl groups excluding tert-OH is 1. The van der Waals surface area contributed by atoms with Crippen LogP contribution < -0.4 is 5.32 Å². The predicted octanol–water partition coefficient (Wildman–Crippen LogP) is 2.29. The zero-order chi connectivity index (χ0) is 21.1. The fourth-order valence-corrected chi connectivity index (χ4v) is 3.27. The van der Waals surface area contributed by atoms with Crippen molar-refractivity contribution in [2.75, 3.05) is 26.2 Å². The van der Waals surface area contributed by atoms with Crippen LogP contribution in [0.25, 0.3) is 0 Å². The number of carbonyl (C=O) groups is 2. The van der Waals surface area contributed by atoms with Gasteiger partial charge in [-0.25, -0.2) is 9.59 Å². The van der Waals surface area contributed by atoms with E-state index >= 15 is 0 Å². The fourth-order valence-electron chi connectivity index (χ4n) is 3.27. The van der Waals surface area contributed by atoms with Crippen LogP contribution >= 0.6 is 0 Å². The fraction of sp³-hybridized carbons (Fsp3) is 0.429. The van der Waals surface area contributed by atoms with Gasteiger partial charge in [0.25, 0.3) is 0 Å². The number of hydrogen-bond acceptors (Lipinski definition) is 6. The first kappa shape index (κ1) is 22.6. The number of rotatable bonds is 7. The number of carboxylic acid groups (broad SMARTS) is 2. The maximum absolute atomic E-state index is 10.3. The Balaban J connectivity index is 0.000000438. The van der Waals surface area contributed by atoms with E-state index in [1.807, 2.05) is 36.4 Å². The minimum atomic E-state index is -1.82. The SMILES string of the molecule is O=C(O)C(=O)O.OC(CNCC(c1ccco1)N1CCCCC1)c1ccccc1. The van der Waals surface area contributed by atoms with Crippen LogP contribution in [0.15, 0.2) is 53.1 Å².